The van der Waals surface area contributed by atoms with Crippen LogP contribution in [0.4, 0.5) is 0 Å². The van der Waals surface area contributed by atoms with Crippen molar-refractivity contribution in [1.82, 2.24) is 5.01 Å². The van der Waals surface area contributed by atoms with Gasteiger partial charge >= 0.3 is 0 Å². The monoisotopic (exact) mass is 406 g/mol. The van der Waals surface area contributed by atoms with Gasteiger partial charge in [0.1, 0.15) is 0 Å². The zero-order chi connectivity index (χ0) is 21.4. The van der Waals surface area contributed by atoms with Gasteiger partial charge in [-0.25, -0.2) is 0 Å². The largest absolute Gasteiger partial charge is 0.443 e. The Hall–Kier alpha value is -3.92. The van der Waals surface area contributed by atoms with Crippen molar-refractivity contribution >= 4 is 22.6 Å². The summed E-state index contributed by atoms with van der Waals surface area (Å²) in [5, 5.41) is 8.21. The van der Waals surface area contributed by atoms with Crippen LogP contribution in [0.1, 0.15) is 25.0 Å². The van der Waals surface area contributed by atoms with Gasteiger partial charge in [-0.3, -0.25) is 4.79 Å². The van der Waals surface area contributed by atoms with Gasteiger partial charge in [0.15, 0.2) is 0 Å². The van der Waals surface area contributed by atoms with Crippen molar-refractivity contribution in [1.29, 1.82) is 0 Å². The molecule has 5 rings (SSSR count). The Morgan fingerprint density at radius 2 is 1.39 bits per heavy atom. The van der Waals surface area contributed by atoms with Crippen LogP contribution >= 0.6 is 0 Å². The van der Waals surface area contributed by atoms with Crippen molar-refractivity contribution in [2.24, 2.45) is 5.10 Å². The lowest BCUT2D eigenvalue weighted by molar-refractivity contribution is -0.146. The number of amides is 1. The van der Waals surface area contributed by atoms with Crippen molar-refractivity contribution in [3.8, 4) is 11.1 Å². The van der Waals surface area contributed by atoms with E-state index in [0.717, 1.165) is 33.0 Å². The molecule has 4 nitrogen and oxygen atoms in total. The van der Waals surface area contributed by atoms with E-state index in [9.17, 15) is 4.79 Å². The number of rotatable bonds is 3. The van der Waals surface area contributed by atoms with Gasteiger partial charge in [-0.1, -0.05) is 78.9 Å². The predicted octanol–water partition coefficient (Wildman–Crippen LogP) is 5.92. The summed E-state index contributed by atoms with van der Waals surface area (Å²) in [4.78, 5) is 12.5. The Morgan fingerprint density at radius 3 is 2.10 bits per heavy atom. The number of hydrazone groups is 1. The lowest BCUT2D eigenvalue weighted by Crippen LogP contribution is -2.41. The molecule has 1 atom stereocenters. The molecule has 1 aliphatic rings. The van der Waals surface area contributed by atoms with Gasteiger partial charge in [-0.2, -0.15) is 5.01 Å². The van der Waals surface area contributed by atoms with Crippen molar-refractivity contribution in [3.63, 3.8) is 0 Å². The summed E-state index contributed by atoms with van der Waals surface area (Å²) in [6, 6.07) is 32.5. The number of ether oxygens (including phenoxy) is 1. The van der Waals surface area contributed by atoms with Crippen LogP contribution in [0.2, 0.25) is 0 Å². The van der Waals surface area contributed by atoms with Crippen LogP contribution in [0, 0.1) is 0 Å². The molecule has 4 heteroatoms. The topological polar surface area (TPSA) is 41.9 Å². The van der Waals surface area contributed by atoms with Crippen molar-refractivity contribution < 1.29 is 9.53 Å². The molecule has 31 heavy (non-hydrogen) atoms. The number of benzene rings is 4. The molecule has 0 N–H and O–H groups in total. The summed E-state index contributed by atoms with van der Waals surface area (Å²) < 4.78 is 6.34. The van der Waals surface area contributed by atoms with Gasteiger partial charge in [0.05, 0.1) is 0 Å². The second-order valence-electron chi connectivity index (χ2n) is 7.83. The van der Waals surface area contributed by atoms with E-state index >= 15 is 0 Å². The summed E-state index contributed by atoms with van der Waals surface area (Å²) in [7, 11) is 0. The molecular formula is C27H22N2O2. The highest BCUT2D eigenvalue weighted by Gasteiger charge is 2.45. The van der Waals surface area contributed by atoms with Crippen LogP contribution in [-0.2, 0) is 15.3 Å². The normalized spacial score (nSPS) is 18.0. The zero-order valence-electron chi connectivity index (χ0n) is 17.4. The van der Waals surface area contributed by atoms with E-state index in [2.05, 4.69) is 35.4 Å². The fourth-order valence-electron chi connectivity index (χ4n) is 4.02. The Balaban J connectivity index is 1.50. The van der Waals surface area contributed by atoms with Gasteiger partial charge in [-0.05, 0) is 40.1 Å². The third-order valence-electron chi connectivity index (χ3n) is 5.71. The Morgan fingerprint density at radius 1 is 0.774 bits per heavy atom. The number of hydrogen-bond donors (Lipinski definition) is 0. The van der Waals surface area contributed by atoms with E-state index in [1.54, 1.807) is 0 Å². The summed E-state index contributed by atoms with van der Waals surface area (Å²) in [6.45, 7) is 3.39. The SMILES string of the molecule is CC(=O)N1N=C(c2ccc(-c3ccccc3)cc2)OC1(C)c1ccc2ccccc2c1. The lowest BCUT2D eigenvalue weighted by atomic mass is 9.99. The predicted molar refractivity (Wildman–Crippen MR) is 123 cm³/mol. The molecule has 1 unspecified atom stereocenters. The minimum Gasteiger partial charge on any atom is -0.443 e. The van der Waals surface area contributed by atoms with E-state index in [-0.39, 0.29) is 5.91 Å². The van der Waals surface area contributed by atoms with E-state index in [0.29, 0.717) is 5.90 Å². The van der Waals surface area contributed by atoms with Gasteiger partial charge in [0, 0.05) is 25.0 Å². The highest BCUT2D eigenvalue weighted by atomic mass is 16.6. The van der Waals surface area contributed by atoms with Gasteiger partial charge in [-0.15, -0.1) is 5.10 Å². The molecule has 0 saturated carbocycles. The highest BCUT2D eigenvalue weighted by Crippen LogP contribution is 2.38. The number of hydrogen-bond acceptors (Lipinski definition) is 3. The van der Waals surface area contributed by atoms with Crippen LogP contribution in [0.3, 0.4) is 0 Å². The minimum absolute atomic E-state index is 0.174. The summed E-state index contributed by atoms with van der Waals surface area (Å²) in [5.41, 5.74) is 2.96. The van der Waals surface area contributed by atoms with E-state index in [1.807, 2.05) is 73.7 Å². The average Bonchev–Trinajstić information content (AvgIpc) is 3.18. The molecule has 0 spiro atoms. The van der Waals surface area contributed by atoms with Crippen LogP contribution < -0.4 is 0 Å². The molecule has 0 fully saturated rings. The van der Waals surface area contributed by atoms with Gasteiger partial charge < -0.3 is 4.74 Å². The molecule has 1 heterocycles. The Kier molecular flexibility index (Phi) is 4.55. The van der Waals surface area contributed by atoms with Crippen molar-refractivity contribution in [2.75, 3.05) is 0 Å². The zero-order valence-corrected chi connectivity index (χ0v) is 17.4. The quantitative estimate of drug-likeness (QED) is 0.424. The van der Waals surface area contributed by atoms with E-state index < -0.39 is 5.72 Å². The summed E-state index contributed by atoms with van der Waals surface area (Å²) in [5.74, 6) is 0.261. The molecule has 0 saturated heterocycles. The maximum atomic E-state index is 12.5. The fourth-order valence-corrected chi connectivity index (χ4v) is 4.02. The molecule has 0 bridgehead atoms. The van der Waals surface area contributed by atoms with Crippen LogP contribution in [0.25, 0.3) is 21.9 Å². The van der Waals surface area contributed by atoms with Crippen molar-refractivity contribution in [2.45, 2.75) is 19.6 Å². The van der Waals surface area contributed by atoms with Gasteiger partial charge in [0.2, 0.25) is 17.5 Å². The van der Waals surface area contributed by atoms with E-state index in [4.69, 9.17) is 4.74 Å². The second-order valence-corrected chi connectivity index (χ2v) is 7.83. The van der Waals surface area contributed by atoms with Gasteiger partial charge in [0.25, 0.3) is 0 Å². The first kappa shape index (κ1) is 19.1. The smallest absolute Gasteiger partial charge is 0.243 e. The first-order valence-corrected chi connectivity index (χ1v) is 10.3. The maximum Gasteiger partial charge on any atom is 0.243 e. The summed E-state index contributed by atoms with van der Waals surface area (Å²) in [6.07, 6.45) is 0. The average molecular weight is 406 g/mol. The third kappa shape index (κ3) is 3.36. The number of nitrogens with zero attached hydrogens (tertiary/aromatic N) is 2. The number of fused-ring (bicyclic) bond motifs is 1. The first-order chi connectivity index (χ1) is 15.0. The Bertz CT molecular complexity index is 1300. The standard InChI is InChI=1S/C27H22N2O2/c1-19(30)29-27(2,25-17-16-21-10-6-7-11-24(21)18-25)31-26(28-29)23-14-12-22(13-15-23)20-8-4-3-5-9-20/h3-18H,1-2H3. The lowest BCUT2D eigenvalue weighted by Gasteiger charge is -2.31. The molecule has 4 aromatic carbocycles. The maximum absolute atomic E-state index is 12.5. The molecular weight excluding hydrogens is 384 g/mol. The second kappa shape index (κ2) is 7.40. The third-order valence-corrected chi connectivity index (χ3v) is 5.71. The minimum atomic E-state index is -1.01. The van der Waals surface area contributed by atoms with Crippen LogP contribution in [0.5, 0.6) is 0 Å². The summed E-state index contributed by atoms with van der Waals surface area (Å²) >= 11 is 0. The van der Waals surface area contributed by atoms with Crippen molar-refractivity contribution in [3.05, 3.63) is 108 Å². The fraction of sp³-hybridized carbons (Fsp3) is 0.111. The molecule has 0 aromatic heterocycles. The van der Waals surface area contributed by atoms with Crippen LogP contribution in [0.15, 0.2) is 102 Å². The molecule has 4 aromatic rings. The molecule has 152 valence electrons. The first-order valence-electron chi connectivity index (χ1n) is 10.3. The van der Waals surface area contributed by atoms with E-state index in [1.165, 1.54) is 11.9 Å². The highest BCUT2D eigenvalue weighted by molar-refractivity contribution is 5.97. The number of carbonyl (C=O) groups is 1. The number of carbonyl (C=O) groups excluding carboxylic acids is 1. The van der Waals surface area contributed by atoms with Crippen LogP contribution in [-0.4, -0.2) is 16.8 Å². The molecule has 1 aliphatic heterocycles. The molecule has 1 amide bonds. The Labute approximate surface area is 181 Å². The molecule has 0 radical (unpaired) electrons. The molecule has 0 aliphatic carbocycles.